The third-order valence-corrected chi connectivity index (χ3v) is 2.90. The van der Waals surface area contributed by atoms with E-state index in [0.29, 0.717) is 23.5 Å². The molecular weight excluding hydrogens is 214 g/mol. The molecule has 1 rings (SSSR count). The summed E-state index contributed by atoms with van der Waals surface area (Å²) in [7, 11) is 3.63. The Morgan fingerprint density at radius 3 is 2.53 bits per heavy atom. The first-order chi connectivity index (χ1) is 7.95. The maximum atomic E-state index is 5.95. The van der Waals surface area contributed by atoms with Gasteiger partial charge in [-0.05, 0) is 25.3 Å². The predicted octanol–water partition coefficient (Wildman–Crippen LogP) is 2.54. The van der Waals surface area contributed by atoms with Crippen LogP contribution in [0.4, 0.5) is 11.5 Å². The number of nitrogen functional groups attached to an aromatic ring is 1. The number of pyridine rings is 1. The number of hydrogen-bond donors (Lipinski definition) is 1. The van der Waals surface area contributed by atoms with Gasteiger partial charge in [0.25, 0.3) is 0 Å². The summed E-state index contributed by atoms with van der Waals surface area (Å²) < 4.78 is 5.13. The van der Waals surface area contributed by atoms with E-state index in [0.717, 1.165) is 12.2 Å². The summed E-state index contributed by atoms with van der Waals surface area (Å²) in [5.74, 6) is 2.04. The Kier molecular flexibility index (Phi) is 4.61. The third-order valence-electron chi connectivity index (χ3n) is 2.90. The quantitative estimate of drug-likeness (QED) is 0.855. The van der Waals surface area contributed by atoms with Crippen LogP contribution in [0.25, 0.3) is 0 Å². The Labute approximate surface area is 104 Å². The minimum absolute atomic E-state index is 0.400. The monoisotopic (exact) mass is 237 g/mol. The van der Waals surface area contributed by atoms with Crippen molar-refractivity contribution in [2.24, 2.45) is 5.92 Å². The van der Waals surface area contributed by atoms with Crippen molar-refractivity contribution in [2.45, 2.75) is 33.2 Å². The lowest BCUT2D eigenvalue weighted by atomic mass is 10.0. The van der Waals surface area contributed by atoms with Crippen molar-refractivity contribution in [1.29, 1.82) is 0 Å². The van der Waals surface area contributed by atoms with Crippen molar-refractivity contribution in [3.05, 3.63) is 12.1 Å². The van der Waals surface area contributed by atoms with E-state index >= 15 is 0 Å². The molecule has 1 heterocycles. The molecule has 4 nitrogen and oxygen atoms in total. The first-order valence-corrected chi connectivity index (χ1v) is 5.99. The van der Waals surface area contributed by atoms with E-state index in [1.165, 1.54) is 0 Å². The molecule has 0 aliphatic carbocycles. The molecule has 96 valence electrons. The predicted molar refractivity (Wildman–Crippen MR) is 72.5 cm³/mol. The molecule has 0 fully saturated rings. The maximum absolute atomic E-state index is 5.95. The smallest absolute Gasteiger partial charge is 0.215 e. The van der Waals surface area contributed by atoms with Gasteiger partial charge >= 0.3 is 0 Å². The number of nitrogens with zero attached hydrogens (tertiary/aromatic N) is 2. The normalized spacial score (nSPS) is 12.6. The van der Waals surface area contributed by atoms with E-state index in [9.17, 15) is 0 Å². The number of ether oxygens (including phenoxy) is 1. The number of hydrogen-bond acceptors (Lipinski definition) is 4. The van der Waals surface area contributed by atoms with Crippen LogP contribution in [0, 0.1) is 5.92 Å². The van der Waals surface area contributed by atoms with Crippen molar-refractivity contribution in [3.8, 4) is 5.88 Å². The van der Waals surface area contributed by atoms with Crippen LogP contribution in [0.1, 0.15) is 27.2 Å². The molecule has 4 heteroatoms. The van der Waals surface area contributed by atoms with Gasteiger partial charge in [-0.1, -0.05) is 13.8 Å². The molecule has 1 atom stereocenters. The second-order valence-electron chi connectivity index (χ2n) is 4.86. The van der Waals surface area contributed by atoms with Crippen LogP contribution in [0.2, 0.25) is 0 Å². The maximum Gasteiger partial charge on any atom is 0.215 e. The number of aromatic nitrogens is 1. The van der Waals surface area contributed by atoms with Crippen LogP contribution in [0.15, 0.2) is 12.1 Å². The molecule has 0 aliphatic heterocycles. The van der Waals surface area contributed by atoms with Crippen LogP contribution in [-0.4, -0.2) is 25.2 Å². The average Bonchev–Trinajstić information content (AvgIpc) is 2.28. The third kappa shape index (κ3) is 3.51. The molecule has 0 bridgehead atoms. The van der Waals surface area contributed by atoms with Gasteiger partial charge in [-0.3, -0.25) is 0 Å². The highest BCUT2D eigenvalue weighted by molar-refractivity contribution is 5.63. The summed E-state index contributed by atoms with van der Waals surface area (Å²) in [5, 5.41) is 0. The number of anilines is 2. The van der Waals surface area contributed by atoms with Gasteiger partial charge in [-0.15, -0.1) is 0 Å². The lowest BCUT2D eigenvalue weighted by Gasteiger charge is -2.28. The fourth-order valence-electron chi connectivity index (χ4n) is 1.89. The highest BCUT2D eigenvalue weighted by Gasteiger charge is 2.15. The van der Waals surface area contributed by atoms with E-state index in [4.69, 9.17) is 10.5 Å². The van der Waals surface area contributed by atoms with Crippen LogP contribution in [-0.2, 0) is 0 Å². The van der Waals surface area contributed by atoms with Crippen molar-refractivity contribution < 1.29 is 4.74 Å². The summed E-state index contributed by atoms with van der Waals surface area (Å²) in [6.07, 6.45) is 1.11. The number of rotatable bonds is 5. The second-order valence-corrected chi connectivity index (χ2v) is 4.86. The lowest BCUT2D eigenvalue weighted by molar-refractivity contribution is 0.397. The van der Waals surface area contributed by atoms with Crippen molar-refractivity contribution in [3.63, 3.8) is 0 Å². The van der Waals surface area contributed by atoms with Gasteiger partial charge in [0.1, 0.15) is 0 Å². The van der Waals surface area contributed by atoms with Gasteiger partial charge < -0.3 is 15.4 Å². The zero-order valence-electron chi connectivity index (χ0n) is 11.4. The average molecular weight is 237 g/mol. The Hall–Kier alpha value is -1.45. The molecule has 2 N–H and O–H groups in total. The highest BCUT2D eigenvalue weighted by Crippen LogP contribution is 2.25. The molecule has 0 aromatic carbocycles. The molecule has 0 aliphatic rings. The molecule has 0 saturated carbocycles. The molecule has 0 amide bonds. The molecule has 0 radical (unpaired) electrons. The minimum Gasteiger partial charge on any atom is -0.481 e. The van der Waals surface area contributed by atoms with Gasteiger partial charge in [0.05, 0.1) is 12.8 Å². The first-order valence-electron chi connectivity index (χ1n) is 5.99. The Morgan fingerprint density at radius 2 is 2.00 bits per heavy atom. The number of methoxy groups -OCH3 is 1. The summed E-state index contributed by atoms with van der Waals surface area (Å²) in [6, 6.07) is 4.01. The highest BCUT2D eigenvalue weighted by atomic mass is 16.5. The largest absolute Gasteiger partial charge is 0.481 e. The van der Waals surface area contributed by atoms with Gasteiger partial charge in [0.2, 0.25) is 5.88 Å². The summed E-state index contributed by atoms with van der Waals surface area (Å²) in [5.41, 5.74) is 6.64. The van der Waals surface area contributed by atoms with Gasteiger partial charge in [0, 0.05) is 19.2 Å². The summed E-state index contributed by atoms with van der Waals surface area (Å²) in [4.78, 5) is 6.51. The van der Waals surface area contributed by atoms with Crippen LogP contribution in [0.3, 0.4) is 0 Å². The van der Waals surface area contributed by atoms with E-state index in [-0.39, 0.29) is 0 Å². The van der Waals surface area contributed by atoms with E-state index in [2.05, 4.69) is 30.7 Å². The SMILES string of the molecule is COc1ccc(N)c(N(C)C(C)CC(C)C)n1. The molecule has 17 heavy (non-hydrogen) atoms. The molecule has 1 aromatic rings. The zero-order valence-corrected chi connectivity index (χ0v) is 11.4. The first kappa shape index (κ1) is 13.6. The van der Waals surface area contributed by atoms with E-state index in [1.807, 2.05) is 13.1 Å². The fourth-order valence-corrected chi connectivity index (χ4v) is 1.89. The second kappa shape index (κ2) is 5.75. The van der Waals surface area contributed by atoms with Crippen LogP contribution >= 0.6 is 0 Å². The van der Waals surface area contributed by atoms with Crippen LogP contribution in [0.5, 0.6) is 5.88 Å². The minimum atomic E-state index is 0.400. The Balaban J connectivity index is 2.90. The van der Waals surface area contributed by atoms with Gasteiger partial charge in [-0.2, -0.15) is 4.98 Å². The molecule has 0 spiro atoms. The molecular formula is C13H23N3O. The van der Waals surface area contributed by atoms with Crippen molar-refractivity contribution >= 4 is 11.5 Å². The van der Waals surface area contributed by atoms with E-state index < -0.39 is 0 Å². The summed E-state index contributed by atoms with van der Waals surface area (Å²) in [6.45, 7) is 6.61. The molecule has 1 unspecified atom stereocenters. The number of nitrogens with two attached hydrogens (primary N) is 1. The fraction of sp³-hybridized carbons (Fsp3) is 0.615. The van der Waals surface area contributed by atoms with Gasteiger partial charge in [0.15, 0.2) is 5.82 Å². The van der Waals surface area contributed by atoms with Crippen molar-refractivity contribution in [2.75, 3.05) is 24.8 Å². The zero-order chi connectivity index (χ0) is 13.0. The standard InChI is InChI=1S/C13H23N3O/c1-9(2)8-10(3)16(4)13-11(14)6-7-12(15-13)17-5/h6-7,9-10H,8,14H2,1-5H3. The Bertz CT molecular complexity index is 366. The van der Waals surface area contributed by atoms with Crippen molar-refractivity contribution in [1.82, 2.24) is 4.98 Å². The van der Waals surface area contributed by atoms with Gasteiger partial charge in [-0.25, -0.2) is 0 Å². The summed E-state index contributed by atoms with van der Waals surface area (Å²) >= 11 is 0. The molecule has 1 aromatic heterocycles. The van der Waals surface area contributed by atoms with Crippen LogP contribution < -0.4 is 15.4 Å². The Morgan fingerprint density at radius 1 is 1.35 bits per heavy atom. The van der Waals surface area contributed by atoms with E-state index in [1.54, 1.807) is 13.2 Å². The lowest BCUT2D eigenvalue weighted by Crippen LogP contribution is -2.31. The molecule has 0 saturated heterocycles. The topological polar surface area (TPSA) is 51.4 Å².